The van der Waals surface area contributed by atoms with Crippen molar-refractivity contribution >= 4 is 23.0 Å². The maximum atomic E-state index is 12.7. The summed E-state index contributed by atoms with van der Waals surface area (Å²) in [7, 11) is 0. The van der Waals surface area contributed by atoms with Gasteiger partial charge in [-0.1, -0.05) is 17.7 Å². The van der Waals surface area contributed by atoms with Crippen LogP contribution in [0.1, 0.15) is 12.8 Å². The van der Waals surface area contributed by atoms with Gasteiger partial charge >= 0.3 is 6.18 Å². The average Bonchev–Trinajstić information content (AvgIpc) is 2.93. The van der Waals surface area contributed by atoms with E-state index in [0.717, 1.165) is 0 Å². The van der Waals surface area contributed by atoms with Crippen LogP contribution >= 0.6 is 11.6 Å². The van der Waals surface area contributed by atoms with Crippen molar-refractivity contribution in [2.45, 2.75) is 24.6 Å². The van der Waals surface area contributed by atoms with Gasteiger partial charge in [-0.2, -0.15) is 13.2 Å². The zero-order chi connectivity index (χ0) is 12.0. The van der Waals surface area contributed by atoms with Crippen molar-refractivity contribution < 1.29 is 13.2 Å². The first kappa shape index (κ1) is 11.4. The van der Waals surface area contributed by atoms with Crippen molar-refractivity contribution in [3.05, 3.63) is 23.2 Å². The predicted octanol–water partition coefficient (Wildman–Crippen LogP) is 3.43. The molecule has 0 unspecified atom stereocenters. The predicted molar refractivity (Wildman–Crippen MR) is 57.5 cm³/mol. The highest BCUT2D eigenvalue weighted by Crippen LogP contribution is 2.51. The second-order valence-electron chi connectivity index (χ2n) is 3.91. The van der Waals surface area contributed by atoms with Gasteiger partial charge in [-0.25, -0.2) is 0 Å². The van der Waals surface area contributed by atoms with E-state index in [4.69, 9.17) is 17.3 Å². The van der Waals surface area contributed by atoms with Gasteiger partial charge < -0.3 is 11.1 Å². The zero-order valence-corrected chi connectivity index (χ0v) is 8.99. The van der Waals surface area contributed by atoms with Crippen LogP contribution in [-0.4, -0.2) is 11.7 Å². The van der Waals surface area contributed by atoms with E-state index in [9.17, 15) is 13.2 Å². The van der Waals surface area contributed by atoms with Crippen LogP contribution in [0.4, 0.5) is 24.5 Å². The Labute approximate surface area is 95.6 Å². The molecule has 0 saturated heterocycles. The van der Waals surface area contributed by atoms with Crippen LogP contribution in [0, 0.1) is 0 Å². The number of rotatable bonds is 2. The summed E-state index contributed by atoms with van der Waals surface area (Å²) in [6.07, 6.45) is -4.12. The zero-order valence-electron chi connectivity index (χ0n) is 8.24. The number of hydrogen-bond acceptors (Lipinski definition) is 2. The van der Waals surface area contributed by atoms with Crippen LogP contribution in [0.5, 0.6) is 0 Å². The normalized spacial score (nSPS) is 18.2. The summed E-state index contributed by atoms with van der Waals surface area (Å²) >= 11 is 5.73. The Hall–Kier alpha value is -1.10. The fraction of sp³-hybridized carbons (Fsp3) is 0.400. The smallest absolute Gasteiger partial charge is 0.396 e. The summed E-state index contributed by atoms with van der Waals surface area (Å²) < 4.78 is 38.0. The number of anilines is 2. The lowest BCUT2D eigenvalue weighted by atomic mass is 10.2. The van der Waals surface area contributed by atoms with E-state index in [1.165, 1.54) is 12.1 Å². The molecule has 6 heteroatoms. The third kappa shape index (κ3) is 1.80. The lowest BCUT2D eigenvalue weighted by Crippen LogP contribution is -2.38. The molecule has 0 aliphatic heterocycles. The van der Waals surface area contributed by atoms with Crippen molar-refractivity contribution in [3.8, 4) is 0 Å². The molecule has 0 amide bonds. The Morgan fingerprint density at radius 2 is 1.94 bits per heavy atom. The lowest BCUT2D eigenvalue weighted by molar-refractivity contribution is -0.151. The van der Waals surface area contributed by atoms with Crippen molar-refractivity contribution in [2.75, 3.05) is 11.1 Å². The van der Waals surface area contributed by atoms with Crippen LogP contribution in [0.15, 0.2) is 18.2 Å². The number of nitrogens with one attached hydrogen (secondary N) is 1. The SMILES string of the molecule is Nc1c(Cl)cccc1NC1(C(F)(F)F)CC1. The molecule has 3 N–H and O–H groups in total. The van der Waals surface area contributed by atoms with Crippen molar-refractivity contribution in [1.29, 1.82) is 0 Å². The molecule has 0 spiro atoms. The first-order chi connectivity index (χ1) is 7.36. The second kappa shape index (κ2) is 3.45. The van der Waals surface area contributed by atoms with Gasteiger partial charge in [-0.3, -0.25) is 0 Å². The van der Waals surface area contributed by atoms with E-state index in [2.05, 4.69) is 5.32 Å². The lowest BCUT2D eigenvalue weighted by Gasteiger charge is -2.23. The molecule has 1 aromatic carbocycles. The molecule has 0 atom stereocenters. The van der Waals surface area contributed by atoms with Gasteiger partial charge in [-0.15, -0.1) is 0 Å². The Balaban J connectivity index is 2.25. The van der Waals surface area contributed by atoms with Gasteiger partial charge in [0.05, 0.1) is 16.4 Å². The summed E-state index contributed by atoms with van der Waals surface area (Å²) in [6.45, 7) is 0. The minimum atomic E-state index is -4.26. The second-order valence-corrected chi connectivity index (χ2v) is 4.31. The van der Waals surface area contributed by atoms with Crippen molar-refractivity contribution in [3.63, 3.8) is 0 Å². The van der Waals surface area contributed by atoms with E-state index in [0.29, 0.717) is 0 Å². The molecule has 2 rings (SSSR count). The maximum Gasteiger partial charge on any atom is 0.411 e. The van der Waals surface area contributed by atoms with Gasteiger partial charge in [0.25, 0.3) is 0 Å². The highest BCUT2D eigenvalue weighted by atomic mass is 35.5. The molecule has 1 fully saturated rings. The van der Waals surface area contributed by atoms with E-state index in [-0.39, 0.29) is 29.2 Å². The molecule has 0 radical (unpaired) electrons. The molecule has 1 aromatic rings. The molecule has 0 aromatic heterocycles. The number of nitrogen functional groups attached to an aromatic ring is 1. The quantitative estimate of drug-likeness (QED) is 0.789. The monoisotopic (exact) mass is 250 g/mol. The summed E-state index contributed by atoms with van der Waals surface area (Å²) in [6, 6.07) is 4.59. The third-order valence-electron chi connectivity index (χ3n) is 2.72. The molecule has 0 heterocycles. The Morgan fingerprint density at radius 1 is 1.31 bits per heavy atom. The van der Waals surface area contributed by atoms with Crippen molar-refractivity contribution in [1.82, 2.24) is 0 Å². The van der Waals surface area contributed by atoms with Crippen LogP contribution in [0.25, 0.3) is 0 Å². The van der Waals surface area contributed by atoms with Gasteiger partial charge in [0.15, 0.2) is 0 Å². The van der Waals surface area contributed by atoms with Gasteiger partial charge in [0, 0.05) is 0 Å². The van der Waals surface area contributed by atoms with E-state index >= 15 is 0 Å². The maximum absolute atomic E-state index is 12.7. The van der Waals surface area contributed by atoms with Crippen LogP contribution in [0.2, 0.25) is 5.02 Å². The number of benzene rings is 1. The van der Waals surface area contributed by atoms with Crippen LogP contribution in [0.3, 0.4) is 0 Å². The van der Waals surface area contributed by atoms with Crippen LogP contribution < -0.4 is 11.1 Å². The molecular formula is C10H10ClF3N2. The standard InChI is InChI=1S/C10H10ClF3N2/c11-6-2-1-3-7(8(6)15)16-9(4-5-9)10(12,13)14/h1-3,16H,4-5,15H2. The van der Waals surface area contributed by atoms with Crippen molar-refractivity contribution in [2.24, 2.45) is 0 Å². The number of para-hydroxylation sites is 1. The molecule has 0 bridgehead atoms. The largest absolute Gasteiger partial charge is 0.411 e. The Bertz CT molecular complexity index is 413. The molecule has 1 saturated carbocycles. The molecule has 16 heavy (non-hydrogen) atoms. The third-order valence-corrected chi connectivity index (χ3v) is 3.05. The first-order valence-corrected chi connectivity index (χ1v) is 5.12. The molecular weight excluding hydrogens is 241 g/mol. The minimum absolute atomic E-state index is 0.0719. The van der Waals surface area contributed by atoms with Gasteiger partial charge in [0.1, 0.15) is 5.54 Å². The van der Waals surface area contributed by atoms with Gasteiger partial charge in [-0.05, 0) is 25.0 Å². The Morgan fingerprint density at radius 3 is 2.44 bits per heavy atom. The first-order valence-electron chi connectivity index (χ1n) is 4.75. The molecule has 2 nitrogen and oxygen atoms in total. The molecule has 1 aliphatic rings. The average molecular weight is 251 g/mol. The fourth-order valence-electron chi connectivity index (χ4n) is 1.51. The van der Waals surface area contributed by atoms with E-state index < -0.39 is 11.7 Å². The van der Waals surface area contributed by atoms with Gasteiger partial charge in [0.2, 0.25) is 0 Å². The van der Waals surface area contributed by atoms with E-state index in [1.54, 1.807) is 6.07 Å². The number of alkyl halides is 3. The number of nitrogens with two attached hydrogens (primary N) is 1. The highest BCUT2D eigenvalue weighted by Gasteiger charge is 2.63. The highest BCUT2D eigenvalue weighted by molar-refractivity contribution is 6.33. The molecule has 88 valence electrons. The van der Waals surface area contributed by atoms with Crippen LogP contribution in [-0.2, 0) is 0 Å². The fourth-order valence-corrected chi connectivity index (χ4v) is 1.68. The number of halogens is 4. The topological polar surface area (TPSA) is 38.0 Å². The Kier molecular flexibility index (Phi) is 2.45. The minimum Gasteiger partial charge on any atom is -0.396 e. The number of hydrogen-bond donors (Lipinski definition) is 2. The summed E-state index contributed by atoms with van der Waals surface area (Å²) in [5.41, 5.74) is 4.18. The summed E-state index contributed by atoms with van der Waals surface area (Å²) in [4.78, 5) is 0. The van der Waals surface area contributed by atoms with E-state index in [1.807, 2.05) is 0 Å². The molecule has 1 aliphatic carbocycles. The summed E-state index contributed by atoms with van der Waals surface area (Å²) in [5, 5.41) is 2.70. The summed E-state index contributed by atoms with van der Waals surface area (Å²) in [5.74, 6) is 0.